The first-order valence-corrected chi connectivity index (χ1v) is 3.37. The zero-order valence-corrected chi connectivity index (χ0v) is 5.02. The summed E-state index contributed by atoms with van der Waals surface area (Å²) in [5, 5.41) is 2.31. The third-order valence-electron chi connectivity index (χ3n) is 2.22. The van der Waals surface area contributed by atoms with E-state index in [1.165, 1.54) is 25.9 Å². The highest BCUT2D eigenvalue weighted by Gasteiger charge is 2.45. The molecule has 0 aliphatic carbocycles. The van der Waals surface area contributed by atoms with Crippen LogP contribution in [0.15, 0.2) is 0 Å². The molecular formula is C6H12NO+. The summed E-state index contributed by atoms with van der Waals surface area (Å²) in [4.78, 5) is 0. The van der Waals surface area contributed by atoms with Gasteiger partial charge in [-0.3, -0.25) is 0 Å². The Morgan fingerprint density at radius 2 is 2.25 bits per heavy atom. The fourth-order valence-corrected chi connectivity index (χ4v) is 1.54. The summed E-state index contributed by atoms with van der Waals surface area (Å²) < 4.78 is 5.55. The molecule has 0 unspecified atom stereocenters. The molecule has 0 atom stereocenters. The highest BCUT2D eigenvalue weighted by molar-refractivity contribution is 4.87. The van der Waals surface area contributed by atoms with Crippen molar-refractivity contribution in [2.45, 2.75) is 18.4 Å². The van der Waals surface area contributed by atoms with Gasteiger partial charge < -0.3 is 10.1 Å². The molecule has 2 aliphatic rings. The average Bonchev–Trinajstić information content (AvgIpc) is 2.07. The molecule has 0 radical (unpaired) electrons. The Bertz CT molecular complexity index is 90.7. The standard InChI is InChI=1S/C6H11NO/c1-2-6(8-3-1)4-7-5-6/h7H,1-5H2/p+1. The fourth-order valence-electron chi connectivity index (χ4n) is 1.54. The topological polar surface area (TPSA) is 25.8 Å². The van der Waals surface area contributed by atoms with Crippen LogP contribution in [0.5, 0.6) is 0 Å². The van der Waals surface area contributed by atoms with Crippen molar-refractivity contribution >= 4 is 0 Å². The van der Waals surface area contributed by atoms with Gasteiger partial charge >= 0.3 is 0 Å². The molecule has 2 fully saturated rings. The van der Waals surface area contributed by atoms with Gasteiger partial charge in [0.2, 0.25) is 0 Å². The molecule has 8 heavy (non-hydrogen) atoms. The van der Waals surface area contributed by atoms with Gasteiger partial charge in [-0.15, -0.1) is 0 Å². The number of nitrogens with two attached hydrogens (primary N) is 1. The summed E-state index contributed by atoms with van der Waals surface area (Å²) in [6, 6.07) is 0. The lowest BCUT2D eigenvalue weighted by Crippen LogP contribution is -3.02. The van der Waals surface area contributed by atoms with Crippen molar-refractivity contribution in [1.82, 2.24) is 0 Å². The third-order valence-corrected chi connectivity index (χ3v) is 2.22. The number of ether oxygens (including phenoxy) is 1. The van der Waals surface area contributed by atoms with Crippen LogP contribution in [0.4, 0.5) is 0 Å². The van der Waals surface area contributed by atoms with E-state index in [4.69, 9.17) is 4.74 Å². The molecule has 0 amide bonds. The van der Waals surface area contributed by atoms with Crippen LogP contribution in [0.1, 0.15) is 12.8 Å². The molecule has 2 saturated heterocycles. The molecule has 0 aromatic carbocycles. The van der Waals surface area contributed by atoms with Crippen molar-refractivity contribution in [1.29, 1.82) is 0 Å². The molecule has 2 aliphatic heterocycles. The van der Waals surface area contributed by atoms with Crippen LogP contribution in [0, 0.1) is 0 Å². The Morgan fingerprint density at radius 3 is 2.50 bits per heavy atom. The van der Waals surface area contributed by atoms with Crippen LogP contribution in [0.2, 0.25) is 0 Å². The minimum absolute atomic E-state index is 0.361. The van der Waals surface area contributed by atoms with Gasteiger partial charge in [0, 0.05) is 6.61 Å². The largest absolute Gasteiger partial charge is 0.363 e. The van der Waals surface area contributed by atoms with Gasteiger partial charge in [-0.1, -0.05) is 0 Å². The smallest absolute Gasteiger partial charge is 0.165 e. The predicted octanol–water partition coefficient (Wildman–Crippen LogP) is -0.887. The minimum atomic E-state index is 0.361. The maximum absolute atomic E-state index is 5.55. The summed E-state index contributed by atoms with van der Waals surface area (Å²) in [5.41, 5.74) is 0.361. The van der Waals surface area contributed by atoms with E-state index in [1.54, 1.807) is 0 Å². The first-order chi connectivity index (χ1) is 3.91. The Balaban J connectivity index is 2.01. The molecule has 46 valence electrons. The van der Waals surface area contributed by atoms with E-state index in [9.17, 15) is 0 Å². The lowest BCUT2D eigenvalue weighted by molar-refractivity contribution is -0.741. The Morgan fingerprint density at radius 1 is 1.38 bits per heavy atom. The van der Waals surface area contributed by atoms with E-state index in [-0.39, 0.29) is 0 Å². The van der Waals surface area contributed by atoms with Crippen LogP contribution in [0.25, 0.3) is 0 Å². The van der Waals surface area contributed by atoms with Gasteiger partial charge in [0.25, 0.3) is 0 Å². The monoisotopic (exact) mass is 114 g/mol. The lowest BCUT2D eigenvalue weighted by atomic mass is 9.94. The Kier molecular flexibility index (Phi) is 0.866. The second-order valence-electron chi connectivity index (χ2n) is 2.83. The van der Waals surface area contributed by atoms with E-state index in [1.807, 2.05) is 0 Å². The van der Waals surface area contributed by atoms with E-state index < -0.39 is 0 Å². The molecule has 2 heterocycles. The summed E-state index contributed by atoms with van der Waals surface area (Å²) in [7, 11) is 0. The highest BCUT2D eigenvalue weighted by Crippen LogP contribution is 2.24. The van der Waals surface area contributed by atoms with Gasteiger partial charge in [-0.05, 0) is 12.8 Å². The van der Waals surface area contributed by atoms with Crippen molar-refractivity contribution in [2.24, 2.45) is 0 Å². The summed E-state index contributed by atoms with van der Waals surface area (Å²) in [5.74, 6) is 0. The minimum Gasteiger partial charge on any atom is -0.363 e. The van der Waals surface area contributed by atoms with Gasteiger partial charge in [0.15, 0.2) is 5.60 Å². The zero-order chi connectivity index (χ0) is 5.45. The quantitative estimate of drug-likeness (QED) is 0.434. The molecule has 0 aromatic heterocycles. The second-order valence-corrected chi connectivity index (χ2v) is 2.83. The van der Waals surface area contributed by atoms with E-state index >= 15 is 0 Å². The molecule has 0 aromatic rings. The SMILES string of the molecule is C1COC2(C1)C[NH2+]C2. The summed E-state index contributed by atoms with van der Waals surface area (Å²) in [6.45, 7) is 3.44. The first-order valence-electron chi connectivity index (χ1n) is 3.37. The maximum atomic E-state index is 5.55. The van der Waals surface area contributed by atoms with E-state index in [0.29, 0.717) is 5.60 Å². The van der Waals surface area contributed by atoms with Crippen molar-refractivity contribution in [2.75, 3.05) is 19.7 Å². The highest BCUT2D eigenvalue weighted by atomic mass is 16.5. The number of rotatable bonds is 0. The van der Waals surface area contributed by atoms with Crippen molar-refractivity contribution in [3.63, 3.8) is 0 Å². The molecule has 1 spiro atoms. The molecular weight excluding hydrogens is 102 g/mol. The molecule has 2 rings (SSSR count). The van der Waals surface area contributed by atoms with Gasteiger partial charge in [-0.25, -0.2) is 0 Å². The Hall–Kier alpha value is -0.0800. The number of hydrogen-bond acceptors (Lipinski definition) is 1. The van der Waals surface area contributed by atoms with Gasteiger partial charge in [0.05, 0.1) is 0 Å². The maximum Gasteiger partial charge on any atom is 0.165 e. The first kappa shape index (κ1) is 4.77. The average molecular weight is 114 g/mol. The van der Waals surface area contributed by atoms with E-state index in [2.05, 4.69) is 5.32 Å². The van der Waals surface area contributed by atoms with Gasteiger partial charge in [-0.2, -0.15) is 0 Å². The predicted molar refractivity (Wildman–Crippen MR) is 29.6 cm³/mol. The van der Waals surface area contributed by atoms with Crippen LogP contribution >= 0.6 is 0 Å². The lowest BCUT2D eigenvalue weighted by Gasteiger charge is -2.33. The van der Waals surface area contributed by atoms with Crippen LogP contribution < -0.4 is 5.32 Å². The molecule has 0 saturated carbocycles. The fraction of sp³-hybridized carbons (Fsp3) is 1.00. The van der Waals surface area contributed by atoms with Gasteiger partial charge in [0.1, 0.15) is 13.1 Å². The summed E-state index contributed by atoms with van der Waals surface area (Å²) >= 11 is 0. The molecule has 2 nitrogen and oxygen atoms in total. The van der Waals surface area contributed by atoms with Crippen molar-refractivity contribution in [3.05, 3.63) is 0 Å². The molecule has 2 heteroatoms. The number of quaternary nitrogens is 1. The number of hydrogen-bond donors (Lipinski definition) is 1. The zero-order valence-electron chi connectivity index (χ0n) is 5.02. The van der Waals surface area contributed by atoms with Crippen molar-refractivity contribution < 1.29 is 10.1 Å². The van der Waals surface area contributed by atoms with Crippen LogP contribution in [-0.4, -0.2) is 25.3 Å². The molecule has 0 bridgehead atoms. The third kappa shape index (κ3) is 0.501. The Labute approximate surface area is 49.2 Å². The second kappa shape index (κ2) is 1.45. The normalized spacial score (nSPS) is 33.0. The van der Waals surface area contributed by atoms with Crippen LogP contribution in [0.3, 0.4) is 0 Å². The van der Waals surface area contributed by atoms with E-state index in [0.717, 1.165) is 6.61 Å². The summed E-state index contributed by atoms with van der Waals surface area (Å²) in [6.07, 6.45) is 2.59. The molecule has 2 N–H and O–H groups in total. The van der Waals surface area contributed by atoms with Crippen molar-refractivity contribution in [3.8, 4) is 0 Å². The van der Waals surface area contributed by atoms with Crippen LogP contribution in [-0.2, 0) is 4.74 Å².